The Kier molecular flexibility index (Phi) is 5.97. The van der Waals surface area contributed by atoms with Gasteiger partial charge in [0, 0.05) is 53.5 Å². The fraction of sp³-hybridized carbons (Fsp3) is 0.222. The van der Waals surface area contributed by atoms with Crippen molar-refractivity contribution in [2.45, 2.75) is 27.3 Å². The minimum atomic E-state index is -3.51. The third kappa shape index (κ3) is 4.20. The molecule has 5 aromatic rings. The molecule has 2 aromatic carbocycles. The molecule has 0 aliphatic heterocycles. The minimum Gasteiger partial charge on any atom is -0.345 e. The van der Waals surface area contributed by atoms with E-state index in [9.17, 15) is 13.2 Å². The lowest BCUT2D eigenvalue weighted by molar-refractivity contribution is 0.602. The van der Waals surface area contributed by atoms with Crippen molar-refractivity contribution in [2.24, 2.45) is 7.05 Å². The Balaban J connectivity index is 1.74. The maximum Gasteiger partial charge on any atom is 0.272 e. The van der Waals surface area contributed by atoms with Gasteiger partial charge in [0.2, 0.25) is 10.0 Å². The molecule has 7 nitrogen and oxygen atoms in total. The van der Waals surface area contributed by atoms with Crippen LogP contribution in [0.5, 0.6) is 0 Å². The van der Waals surface area contributed by atoms with Crippen molar-refractivity contribution in [2.75, 3.05) is 10.5 Å². The largest absolute Gasteiger partial charge is 0.345 e. The van der Waals surface area contributed by atoms with Crippen LogP contribution in [0.25, 0.3) is 32.9 Å². The third-order valence-corrected chi connectivity index (χ3v) is 8.40. The molecule has 2 N–H and O–H groups in total. The number of sulfonamides is 1. The number of rotatable bonds is 6. The van der Waals surface area contributed by atoms with E-state index < -0.39 is 10.0 Å². The molecule has 9 heteroatoms. The van der Waals surface area contributed by atoms with Crippen molar-refractivity contribution < 1.29 is 8.42 Å². The highest BCUT2D eigenvalue weighted by Crippen LogP contribution is 2.36. The standard InChI is InChI=1S/C27H27ClN4O3S/c1-5-36(34,35)30-24-12-18(22-15-31(4)26-20(22)6-8-29-27(26)33)13-25-21(24)7-9-32(25)14-19-11-23(28)17(3)10-16(19)2/h6-13,15,30H,5,14H2,1-4H3,(H,29,33). The number of hydrogen-bond donors (Lipinski definition) is 2. The van der Waals surface area contributed by atoms with Crippen LogP contribution in [0, 0.1) is 13.8 Å². The van der Waals surface area contributed by atoms with Crippen molar-refractivity contribution in [3.8, 4) is 11.1 Å². The molecule has 0 aliphatic carbocycles. The number of aromatic nitrogens is 3. The van der Waals surface area contributed by atoms with Crippen LogP contribution in [-0.2, 0) is 23.6 Å². The average molecular weight is 523 g/mol. The second kappa shape index (κ2) is 8.87. The Bertz CT molecular complexity index is 1810. The van der Waals surface area contributed by atoms with E-state index in [0.717, 1.165) is 44.1 Å². The van der Waals surface area contributed by atoms with E-state index in [1.165, 1.54) is 0 Å². The van der Waals surface area contributed by atoms with Crippen molar-refractivity contribution in [1.29, 1.82) is 0 Å². The fourth-order valence-corrected chi connectivity index (χ4v) is 5.56. The Morgan fingerprint density at radius 3 is 2.58 bits per heavy atom. The first kappa shape index (κ1) is 24.2. The first-order chi connectivity index (χ1) is 17.1. The van der Waals surface area contributed by atoms with Gasteiger partial charge in [-0.15, -0.1) is 0 Å². The zero-order chi connectivity index (χ0) is 25.8. The van der Waals surface area contributed by atoms with E-state index in [1.807, 2.05) is 56.7 Å². The van der Waals surface area contributed by atoms with Crippen LogP contribution in [-0.4, -0.2) is 28.3 Å². The van der Waals surface area contributed by atoms with Gasteiger partial charge < -0.3 is 14.1 Å². The summed E-state index contributed by atoms with van der Waals surface area (Å²) in [5.41, 5.74) is 6.66. The molecule has 186 valence electrons. The summed E-state index contributed by atoms with van der Waals surface area (Å²) < 4.78 is 31.7. The van der Waals surface area contributed by atoms with Gasteiger partial charge in [-0.1, -0.05) is 17.7 Å². The molecular weight excluding hydrogens is 496 g/mol. The Labute approximate surface area is 214 Å². The van der Waals surface area contributed by atoms with Crippen LogP contribution in [0.15, 0.2) is 59.8 Å². The Hall–Kier alpha value is -3.49. The fourth-order valence-electron chi connectivity index (χ4n) is 4.73. The zero-order valence-corrected chi connectivity index (χ0v) is 22.1. The number of aryl methyl sites for hydroxylation is 3. The van der Waals surface area contributed by atoms with Crippen LogP contribution in [0.4, 0.5) is 5.69 Å². The maximum absolute atomic E-state index is 12.6. The molecule has 0 spiro atoms. The summed E-state index contributed by atoms with van der Waals surface area (Å²) in [4.78, 5) is 15.2. The lowest BCUT2D eigenvalue weighted by atomic mass is 10.0. The number of benzene rings is 2. The molecule has 0 saturated heterocycles. The maximum atomic E-state index is 12.6. The number of nitrogens with one attached hydrogen (secondary N) is 2. The smallest absolute Gasteiger partial charge is 0.272 e. The first-order valence-corrected chi connectivity index (χ1v) is 13.7. The molecule has 5 rings (SSSR count). The number of pyridine rings is 1. The molecule has 0 bridgehead atoms. The van der Waals surface area contributed by atoms with Crippen molar-refractivity contribution in [3.63, 3.8) is 0 Å². The van der Waals surface area contributed by atoms with Gasteiger partial charge in [0.1, 0.15) is 5.52 Å². The van der Waals surface area contributed by atoms with E-state index in [-0.39, 0.29) is 11.3 Å². The Morgan fingerprint density at radius 2 is 1.83 bits per heavy atom. The SMILES string of the molecule is CCS(=O)(=O)Nc1cc(-c2cn(C)c3c(=O)[nH]ccc23)cc2c1ccn2Cc1cc(Cl)c(C)cc1C. The number of halogens is 1. The van der Waals surface area contributed by atoms with Crippen LogP contribution in [0.2, 0.25) is 5.02 Å². The van der Waals surface area contributed by atoms with Crippen LogP contribution >= 0.6 is 11.6 Å². The number of hydrogen-bond acceptors (Lipinski definition) is 3. The molecule has 0 fully saturated rings. The molecule has 0 radical (unpaired) electrons. The highest BCUT2D eigenvalue weighted by atomic mass is 35.5. The molecule has 0 aliphatic rings. The van der Waals surface area contributed by atoms with Crippen LogP contribution < -0.4 is 10.3 Å². The number of nitrogens with zero attached hydrogens (tertiary/aromatic N) is 2. The summed E-state index contributed by atoms with van der Waals surface area (Å²) >= 11 is 6.42. The van der Waals surface area contributed by atoms with Gasteiger partial charge in [-0.3, -0.25) is 9.52 Å². The monoisotopic (exact) mass is 522 g/mol. The first-order valence-electron chi connectivity index (χ1n) is 11.6. The summed E-state index contributed by atoms with van der Waals surface area (Å²) in [6.45, 7) is 6.23. The highest BCUT2D eigenvalue weighted by Gasteiger charge is 2.18. The normalized spacial score (nSPS) is 12.0. The van der Waals surface area contributed by atoms with Gasteiger partial charge in [-0.2, -0.15) is 0 Å². The predicted molar refractivity (Wildman–Crippen MR) is 148 cm³/mol. The quantitative estimate of drug-likeness (QED) is 0.305. The van der Waals surface area contributed by atoms with Gasteiger partial charge in [0.15, 0.2) is 0 Å². The molecule has 0 atom stereocenters. The van der Waals surface area contributed by atoms with Gasteiger partial charge >= 0.3 is 0 Å². The minimum absolute atomic E-state index is 0.0376. The van der Waals surface area contributed by atoms with E-state index in [2.05, 4.69) is 27.3 Å². The van der Waals surface area contributed by atoms with Crippen molar-refractivity contribution in [1.82, 2.24) is 14.1 Å². The number of anilines is 1. The molecule has 3 heterocycles. The van der Waals surface area contributed by atoms with E-state index in [0.29, 0.717) is 22.8 Å². The summed E-state index contributed by atoms with van der Waals surface area (Å²) in [7, 11) is -1.68. The zero-order valence-electron chi connectivity index (χ0n) is 20.5. The summed E-state index contributed by atoms with van der Waals surface area (Å²) in [5.74, 6) is -0.0376. The molecular formula is C27H27ClN4O3S. The van der Waals surface area contributed by atoms with Crippen LogP contribution in [0.1, 0.15) is 23.6 Å². The van der Waals surface area contributed by atoms with Gasteiger partial charge in [-0.25, -0.2) is 8.42 Å². The summed E-state index contributed by atoms with van der Waals surface area (Å²) in [6.07, 6.45) is 5.48. The van der Waals surface area contributed by atoms with Gasteiger partial charge in [-0.05, 0) is 73.4 Å². The predicted octanol–water partition coefficient (Wildman–Crippen LogP) is 5.57. The number of fused-ring (bicyclic) bond motifs is 2. The van der Waals surface area contributed by atoms with E-state index in [4.69, 9.17) is 11.6 Å². The van der Waals surface area contributed by atoms with Crippen molar-refractivity contribution in [3.05, 3.63) is 87.1 Å². The average Bonchev–Trinajstić information content (AvgIpc) is 3.39. The second-order valence-corrected chi connectivity index (χ2v) is 11.6. The van der Waals surface area contributed by atoms with E-state index in [1.54, 1.807) is 17.7 Å². The molecule has 36 heavy (non-hydrogen) atoms. The third-order valence-electron chi connectivity index (χ3n) is 6.70. The lowest BCUT2D eigenvalue weighted by Gasteiger charge is -2.14. The van der Waals surface area contributed by atoms with Crippen LogP contribution in [0.3, 0.4) is 0 Å². The molecule has 3 aromatic heterocycles. The number of aromatic amines is 1. The Morgan fingerprint density at radius 1 is 1.06 bits per heavy atom. The van der Waals surface area contributed by atoms with Crippen molar-refractivity contribution >= 4 is 49.1 Å². The molecule has 0 amide bonds. The van der Waals surface area contributed by atoms with E-state index >= 15 is 0 Å². The second-order valence-electron chi connectivity index (χ2n) is 9.16. The van der Waals surface area contributed by atoms with Gasteiger partial charge in [0.25, 0.3) is 5.56 Å². The lowest BCUT2D eigenvalue weighted by Crippen LogP contribution is -2.14. The topological polar surface area (TPSA) is 88.9 Å². The summed E-state index contributed by atoms with van der Waals surface area (Å²) in [5, 5.41) is 2.30. The molecule has 0 saturated carbocycles. The molecule has 0 unspecified atom stereocenters. The highest BCUT2D eigenvalue weighted by molar-refractivity contribution is 7.92. The summed E-state index contributed by atoms with van der Waals surface area (Å²) in [6, 6.07) is 11.7. The number of H-pyrrole nitrogens is 1. The van der Waals surface area contributed by atoms with Gasteiger partial charge in [0.05, 0.1) is 17.0 Å².